The Labute approximate surface area is 78.0 Å². The quantitative estimate of drug-likeness (QED) is 0.336. The monoisotopic (exact) mass is 211 g/mol. The van der Waals surface area contributed by atoms with Gasteiger partial charge < -0.3 is 9.26 Å². The maximum atomic E-state index is 11.3. The molecule has 0 radical (unpaired) electrons. The maximum absolute atomic E-state index is 11.3. The van der Waals surface area contributed by atoms with E-state index in [4.69, 9.17) is 9.26 Å². The number of ether oxygens (including phenoxy) is 1. The van der Waals surface area contributed by atoms with Gasteiger partial charge in [0.05, 0.1) is 13.2 Å². The van der Waals surface area contributed by atoms with E-state index in [1.165, 1.54) is 0 Å². The first-order valence-electron chi connectivity index (χ1n) is 3.68. The lowest BCUT2D eigenvalue weighted by molar-refractivity contribution is 0.320. The van der Waals surface area contributed by atoms with E-state index in [0.717, 1.165) is 0 Å². The molecule has 0 bridgehead atoms. The van der Waals surface area contributed by atoms with Crippen molar-refractivity contribution in [3.63, 3.8) is 0 Å². The zero-order valence-electron chi connectivity index (χ0n) is 7.48. The normalized spacial score (nSPS) is 17.2. The first-order chi connectivity index (χ1) is 5.52. The Morgan fingerprint density at radius 2 is 2.08 bits per heavy atom. The van der Waals surface area contributed by atoms with Crippen molar-refractivity contribution < 1.29 is 13.8 Å². The third-order valence-corrected chi connectivity index (χ3v) is 2.66. The molecule has 0 saturated carbocycles. The van der Waals surface area contributed by atoms with E-state index in [-0.39, 0.29) is 0 Å². The molecule has 0 aromatic heterocycles. The third kappa shape index (κ3) is 5.63. The van der Waals surface area contributed by atoms with Crippen molar-refractivity contribution in [3.8, 4) is 0 Å². The fraction of sp³-hybridized carbons (Fsp3) is 0.833. The van der Waals surface area contributed by atoms with Crippen molar-refractivity contribution in [1.29, 1.82) is 0 Å². The van der Waals surface area contributed by atoms with Crippen LogP contribution in [-0.2, 0) is 13.8 Å². The second-order valence-corrected chi connectivity index (χ2v) is 4.92. The molecule has 0 aliphatic heterocycles. The number of nitrogens with zero attached hydrogens (tertiary/aromatic N) is 1. The molecule has 1 unspecified atom stereocenters. The molecule has 1 atom stereocenters. The molecule has 6 heteroatoms. The highest BCUT2D eigenvalue weighted by atomic mass is 32.7. The Balaban J connectivity index is 4.18. The third-order valence-electron chi connectivity index (χ3n) is 0.918. The summed E-state index contributed by atoms with van der Waals surface area (Å²) in [5.41, 5.74) is 0. The van der Waals surface area contributed by atoms with Crippen LogP contribution in [-0.4, -0.2) is 19.1 Å². The Morgan fingerprint density at radius 3 is 2.50 bits per heavy atom. The molecule has 0 saturated heterocycles. The minimum absolute atomic E-state index is 0.323. The van der Waals surface area contributed by atoms with Crippen molar-refractivity contribution in [2.75, 3.05) is 13.2 Å². The first kappa shape index (κ1) is 12.0. The summed E-state index contributed by atoms with van der Waals surface area (Å²) in [4.78, 5) is 0. The van der Waals surface area contributed by atoms with Gasteiger partial charge in [-0.3, -0.25) is 4.57 Å². The molecule has 0 spiro atoms. The van der Waals surface area contributed by atoms with Crippen LogP contribution in [0.15, 0.2) is 4.76 Å². The van der Waals surface area contributed by atoms with Gasteiger partial charge >= 0.3 is 6.72 Å². The van der Waals surface area contributed by atoms with Gasteiger partial charge in [-0.15, -0.1) is 0 Å². The largest absolute Gasteiger partial charge is 0.481 e. The standard InChI is InChI=1S/C6H14NO3PS/c1-4-9-6(3)7-11(8,12)10-5-2/h4-5H2,1-3H3,(H,8,12)/b7-6-. The van der Waals surface area contributed by atoms with E-state index >= 15 is 0 Å². The van der Waals surface area contributed by atoms with Crippen LogP contribution < -0.4 is 0 Å². The van der Waals surface area contributed by atoms with Crippen LogP contribution in [0, 0.1) is 0 Å². The molecule has 0 aromatic carbocycles. The average molecular weight is 211 g/mol. The summed E-state index contributed by atoms with van der Waals surface area (Å²) in [5, 5.41) is 0. The smallest absolute Gasteiger partial charge is 0.371 e. The van der Waals surface area contributed by atoms with E-state index < -0.39 is 6.72 Å². The second-order valence-electron chi connectivity index (χ2n) is 1.96. The molecule has 72 valence electrons. The molecule has 4 nitrogen and oxygen atoms in total. The zero-order chi connectivity index (χ0) is 9.61. The minimum atomic E-state index is -3.12. The van der Waals surface area contributed by atoms with Crippen molar-refractivity contribution in [3.05, 3.63) is 0 Å². The van der Waals surface area contributed by atoms with Crippen molar-refractivity contribution in [2.45, 2.75) is 20.8 Å². The Bertz CT molecular complexity index is 207. The summed E-state index contributed by atoms with van der Waals surface area (Å²) in [5.74, 6) is 0.337. The average Bonchev–Trinajstić information content (AvgIpc) is 1.85. The number of hydrogen-bond donors (Lipinski definition) is 1. The van der Waals surface area contributed by atoms with E-state index in [0.29, 0.717) is 19.1 Å². The summed E-state index contributed by atoms with van der Waals surface area (Å²) in [6.45, 7) is 2.87. The van der Waals surface area contributed by atoms with E-state index in [1.54, 1.807) is 13.8 Å². The van der Waals surface area contributed by atoms with Gasteiger partial charge in [-0.2, -0.15) is 4.76 Å². The molecule has 0 aromatic rings. The van der Waals surface area contributed by atoms with E-state index in [2.05, 4.69) is 17.0 Å². The van der Waals surface area contributed by atoms with Gasteiger partial charge in [0.2, 0.25) is 0 Å². The SMILES string of the molecule is CCO/C(C)=N\P(=O)(S)OCC. The summed E-state index contributed by atoms with van der Waals surface area (Å²) in [7, 11) is 0. The summed E-state index contributed by atoms with van der Waals surface area (Å²) in [6, 6.07) is 0. The number of hydrogen-bond acceptors (Lipinski definition) is 3. The minimum Gasteiger partial charge on any atom is -0.481 e. The molecule has 0 fully saturated rings. The fourth-order valence-electron chi connectivity index (χ4n) is 0.613. The Hall–Kier alpha value is 0.01000. The van der Waals surface area contributed by atoms with E-state index in [1.807, 2.05) is 6.92 Å². The Kier molecular flexibility index (Phi) is 5.63. The lowest BCUT2D eigenvalue weighted by Gasteiger charge is -2.07. The van der Waals surface area contributed by atoms with Crippen LogP contribution in [0.3, 0.4) is 0 Å². The van der Waals surface area contributed by atoms with Crippen LogP contribution in [0.2, 0.25) is 0 Å². The topological polar surface area (TPSA) is 47.9 Å². The van der Waals surface area contributed by atoms with Crippen molar-refractivity contribution in [1.82, 2.24) is 0 Å². The zero-order valence-corrected chi connectivity index (χ0v) is 9.27. The van der Waals surface area contributed by atoms with Gasteiger partial charge in [0.15, 0.2) is 5.90 Å². The van der Waals surface area contributed by atoms with Crippen molar-refractivity contribution >= 4 is 24.9 Å². The molecule has 0 aliphatic rings. The maximum Gasteiger partial charge on any atom is 0.371 e. The fourth-order valence-corrected chi connectivity index (χ4v) is 2.14. The molecule has 0 rings (SSSR count). The van der Waals surface area contributed by atoms with Gasteiger partial charge in [0, 0.05) is 6.92 Å². The van der Waals surface area contributed by atoms with Crippen LogP contribution in [0.4, 0.5) is 0 Å². The second kappa shape index (κ2) is 5.62. The molecular formula is C6H14NO3PS. The van der Waals surface area contributed by atoms with Crippen LogP contribution in [0.1, 0.15) is 20.8 Å². The molecule has 0 amide bonds. The van der Waals surface area contributed by atoms with Gasteiger partial charge in [-0.1, -0.05) is 12.2 Å². The lowest BCUT2D eigenvalue weighted by Crippen LogP contribution is -1.98. The molecule has 0 heterocycles. The van der Waals surface area contributed by atoms with Gasteiger partial charge in [-0.25, -0.2) is 0 Å². The van der Waals surface area contributed by atoms with E-state index in [9.17, 15) is 4.57 Å². The number of rotatable bonds is 4. The summed E-state index contributed by atoms with van der Waals surface area (Å²) < 4.78 is 24.7. The summed E-state index contributed by atoms with van der Waals surface area (Å²) in [6.07, 6.45) is 0. The molecule has 12 heavy (non-hydrogen) atoms. The predicted molar refractivity (Wildman–Crippen MR) is 53.0 cm³/mol. The van der Waals surface area contributed by atoms with Gasteiger partial charge in [0.1, 0.15) is 0 Å². The number of thiol groups is 1. The molecular weight excluding hydrogens is 197 g/mol. The summed E-state index contributed by atoms with van der Waals surface area (Å²) >= 11 is 3.76. The molecule has 0 N–H and O–H groups in total. The first-order valence-corrected chi connectivity index (χ1v) is 6.41. The highest BCUT2D eigenvalue weighted by Crippen LogP contribution is 2.53. The van der Waals surface area contributed by atoms with Crippen LogP contribution in [0.5, 0.6) is 0 Å². The van der Waals surface area contributed by atoms with Gasteiger partial charge in [-0.05, 0) is 13.8 Å². The van der Waals surface area contributed by atoms with Crippen LogP contribution >= 0.6 is 19.0 Å². The van der Waals surface area contributed by atoms with Gasteiger partial charge in [0.25, 0.3) is 0 Å². The predicted octanol–water partition coefficient (Wildman–Crippen LogP) is 2.52. The van der Waals surface area contributed by atoms with Crippen LogP contribution in [0.25, 0.3) is 0 Å². The highest BCUT2D eigenvalue weighted by molar-refractivity contribution is 8.45. The highest BCUT2D eigenvalue weighted by Gasteiger charge is 2.14. The lowest BCUT2D eigenvalue weighted by atomic mass is 10.7. The molecule has 0 aliphatic carbocycles. The Morgan fingerprint density at radius 1 is 1.50 bits per heavy atom. The van der Waals surface area contributed by atoms with Crippen molar-refractivity contribution in [2.24, 2.45) is 4.76 Å².